The monoisotopic (exact) mass is 748 g/mol. The van der Waals surface area contributed by atoms with Gasteiger partial charge >= 0.3 is 41.5 Å². The van der Waals surface area contributed by atoms with E-state index in [9.17, 15) is 29.1 Å². The molecule has 0 aromatic carbocycles. The van der Waals surface area contributed by atoms with E-state index < -0.39 is 0 Å². The summed E-state index contributed by atoms with van der Waals surface area (Å²) < 4.78 is 9.33. The molecule has 3 amide bonds. The Hall–Kier alpha value is -2.25. The third kappa shape index (κ3) is 26.5. The van der Waals surface area contributed by atoms with Gasteiger partial charge in [0.1, 0.15) is 6.10 Å². The Kier molecular flexibility index (Phi) is 35.9. The van der Waals surface area contributed by atoms with Crippen LogP contribution >= 0.6 is 0 Å². The van der Waals surface area contributed by atoms with E-state index in [1.54, 1.807) is 18.0 Å². The molecule has 0 aliphatic carbocycles. The maximum atomic E-state index is 12.0. The summed E-state index contributed by atoms with van der Waals surface area (Å²) in [5, 5.41) is 17.7. The number of carbonyl (C=O) groups excluding carboxylic acids is 5. The van der Waals surface area contributed by atoms with Gasteiger partial charge in [-0.05, 0) is 77.8 Å². The number of ether oxygens (including phenoxy) is 2. The van der Waals surface area contributed by atoms with Crippen LogP contribution in [-0.2, 0) is 33.4 Å². The van der Waals surface area contributed by atoms with Gasteiger partial charge in [-0.25, -0.2) is 0 Å². The molecule has 52 heavy (non-hydrogen) atoms. The zero-order valence-corrected chi connectivity index (χ0v) is 35.9. The minimum absolute atomic E-state index is 0. The molecule has 4 unspecified atom stereocenters. The summed E-state index contributed by atoms with van der Waals surface area (Å²) >= 11 is 0. The number of aliphatic hydroxyl groups is 1. The summed E-state index contributed by atoms with van der Waals surface area (Å²) in [4.78, 5) is 61.3. The van der Waals surface area contributed by atoms with E-state index in [0.29, 0.717) is 25.7 Å². The number of rotatable bonds is 11. The number of esters is 2. The van der Waals surface area contributed by atoms with Crippen LogP contribution in [0.1, 0.15) is 144 Å². The zero-order chi connectivity index (χ0) is 39.2. The second-order valence-electron chi connectivity index (χ2n) is 13.0. The van der Waals surface area contributed by atoms with E-state index in [-0.39, 0.29) is 83.5 Å². The van der Waals surface area contributed by atoms with E-state index >= 15 is 0 Å². The summed E-state index contributed by atoms with van der Waals surface area (Å²) in [7, 11) is 0.750. The quantitative estimate of drug-likeness (QED) is 0.191. The number of likely N-dealkylation sites (tertiary alicyclic amines) is 3. The van der Waals surface area contributed by atoms with Gasteiger partial charge in [-0.15, -0.1) is 0 Å². The maximum absolute atomic E-state index is 12.0. The average molecular weight is 748 g/mol. The summed E-state index contributed by atoms with van der Waals surface area (Å²) in [6.07, 6.45) is 17.5. The van der Waals surface area contributed by atoms with Gasteiger partial charge in [0.2, 0.25) is 17.7 Å². The van der Waals surface area contributed by atoms with Crippen molar-refractivity contribution < 1.29 is 73.2 Å². The van der Waals surface area contributed by atoms with Crippen LogP contribution in [-0.4, -0.2) is 101 Å². The van der Waals surface area contributed by atoms with Crippen molar-refractivity contribution in [2.24, 2.45) is 0 Å². The normalized spacial score (nSPS) is 18.2. The van der Waals surface area contributed by atoms with Crippen molar-refractivity contribution >= 4 is 29.7 Å². The molecule has 3 saturated heterocycles. The smallest absolute Gasteiger partial charge is 0.857 e. The third-order valence-corrected chi connectivity index (χ3v) is 8.71. The molecule has 3 rings (SSSR count). The third-order valence-electron chi connectivity index (χ3n) is 8.71. The molecular formula is C39H70N3NaO9. The molecule has 13 heteroatoms. The number of hydrogen-bond donors (Lipinski definition) is 1. The molecule has 4 atom stereocenters. The molecule has 12 nitrogen and oxygen atoms in total. The summed E-state index contributed by atoms with van der Waals surface area (Å²) in [5.74, 6) is 0.187. The first-order valence-electron chi connectivity index (χ1n) is 18.9. The van der Waals surface area contributed by atoms with Gasteiger partial charge in [0.15, 0.2) is 0 Å². The number of aliphatic hydroxyl groups excluding tert-OH is 1. The fourth-order valence-electron chi connectivity index (χ4n) is 6.23. The molecule has 0 aromatic rings. The molecule has 0 spiro atoms. The van der Waals surface area contributed by atoms with Gasteiger partial charge in [0.25, 0.3) is 0 Å². The average Bonchev–Trinajstić information content (AvgIpc) is 3.54. The number of amides is 3. The number of hydrogen-bond acceptors (Lipinski definition) is 9. The van der Waals surface area contributed by atoms with E-state index in [1.807, 2.05) is 16.7 Å². The minimum Gasteiger partial charge on any atom is -0.857 e. The molecular weight excluding hydrogens is 677 g/mol. The van der Waals surface area contributed by atoms with Crippen molar-refractivity contribution in [2.75, 3.05) is 26.7 Å². The largest absolute Gasteiger partial charge is 1.00 e. The van der Waals surface area contributed by atoms with Gasteiger partial charge in [-0.2, -0.15) is 7.11 Å². The van der Waals surface area contributed by atoms with Crippen molar-refractivity contribution in [1.82, 2.24) is 14.7 Å². The Morgan fingerprint density at radius 2 is 1.15 bits per heavy atom. The molecule has 3 fully saturated rings. The standard InChI is InChI=1S/C14H25NO3.C12H23NO2.C8H13NO.C4H6O2.CH3O.Na/c1-4-13(10-11(2)18-12(3)16)15-9-7-5-6-8-14(15)17;1-3-11(9-10(2)14)13-8-6-4-5-7-12(13)15;1-2-9-7-5-3-4-6-8(9)10;1-3-6-4(2)5;1-2;/h11,13H,4-10H2,1-3H3;10-11,14H,3-9H2,1-2H3;2H,1,3-7H2;3H,1H2,2H3;1H3;/q;;;;-1;+1. The molecule has 0 saturated carbocycles. The molecule has 296 valence electrons. The first kappa shape index (κ1) is 54.1. The van der Waals surface area contributed by atoms with Gasteiger partial charge in [-0.3, -0.25) is 24.0 Å². The first-order valence-corrected chi connectivity index (χ1v) is 18.9. The van der Waals surface area contributed by atoms with Crippen LogP contribution in [0.15, 0.2) is 25.6 Å². The van der Waals surface area contributed by atoms with Crippen molar-refractivity contribution in [3.63, 3.8) is 0 Å². The maximum Gasteiger partial charge on any atom is 1.00 e. The minimum atomic E-state index is -0.329. The molecule has 0 aromatic heterocycles. The summed E-state index contributed by atoms with van der Waals surface area (Å²) in [5.41, 5.74) is 0. The van der Waals surface area contributed by atoms with Crippen molar-refractivity contribution in [3.05, 3.63) is 25.6 Å². The fourth-order valence-corrected chi connectivity index (χ4v) is 6.23. The van der Waals surface area contributed by atoms with Crippen LogP contribution in [0, 0.1) is 0 Å². The Balaban J connectivity index is -0.000000638. The Morgan fingerprint density at radius 1 is 0.731 bits per heavy atom. The first-order chi connectivity index (χ1) is 24.3. The second-order valence-corrected chi connectivity index (χ2v) is 13.0. The van der Waals surface area contributed by atoms with Gasteiger partial charge in [0.05, 0.1) is 12.4 Å². The molecule has 3 aliphatic rings. The van der Waals surface area contributed by atoms with Crippen LogP contribution in [0.25, 0.3) is 0 Å². The zero-order valence-electron chi connectivity index (χ0n) is 33.9. The van der Waals surface area contributed by atoms with Crippen molar-refractivity contribution in [2.45, 2.75) is 169 Å². The van der Waals surface area contributed by atoms with Crippen LogP contribution in [0.5, 0.6) is 0 Å². The molecule has 0 radical (unpaired) electrons. The van der Waals surface area contributed by atoms with Crippen LogP contribution in [0.4, 0.5) is 0 Å². The molecule has 3 aliphatic heterocycles. The van der Waals surface area contributed by atoms with Gasteiger partial charge in [0, 0.05) is 71.2 Å². The Labute approximate surface area is 337 Å². The van der Waals surface area contributed by atoms with E-state index in [4.69, 9.17) is 9.84 Å². The van der Waals surface area contributed by atoms with Crippen molar-refractivity contribution in [3.8, 4) is 0 Å². The predicted molar refractivity (Wildman–Crippen MR) is 199 cm³/mol. The van der Waals surface area contributed by atoms with E-state index in [1.165, 1.54) is 20.3 Å². The summed E-state index contributed by atoms with van der Waals surface area (Å²) in [6, 6.07) is 0.431. The molecule has 1 N–H and O–H groups in total. The Bertz CT molecular complexity index is 1010. The fraction of sp³-hybridized carbons (Fsp3) is 0.769. The van der Waals surface area contributed by atoms with Crippen LogP contribution < -0.4 is 34.7 Å². The van der Waals surface area contributed by atoms with E-state index in [2.05, 4.69) is 31.7 Å². The van der Waals surface area contributed by atoms with Crippen LogP contribution in [0.3, 0.4) is 0 Å². The summed E-state index contributed by atoms with van der Waals surface area (Å²) in [6.45, 7) is 19.9. The Morgan fingerprint density at radius 3 is 1.50 bits per heavy atom. The van der Waals surface area contributed by atoms with Gasteiger partial charge < -0.3 is 34.4 Å². The van der Waals surface area contributed by atoms with E-state index in [0.717, 1.165) is 104 Å². The van der Waals surface area contributed by atoms with Crippen molar-refractivity contribution in [1.29, 1.82) is 0 Å². The van der Waals surface area contributed by atoms with Crippen LogP contribution in [0.2, 0.25) is 0 Å². The SMILES string of the molecule is C=CN1CCCCCC1=O.C=COC(C)=O.CCC(CC(C)O)N1CCCCCC1=O.CCC(CC(C)OC(C)=O)N1CCCCCC1=O.C[O-].[Na+]. The number of nitrogens with zero attached hydrogens (tertiary/aromatic N) is 3. The van der Waals surface area contributed by atoms with Gasteiger partial charge in [-0.1, -0.05) is 46.3 Å². The second kappa shape index (κ2) is 34.5. The topological polar surface area (TPSA) is 157 Å². The number of carbonyl (C=O) groups is 5. The molecule has 0 bridgehead atoms. The predicted octanol–water partition coefficient (Wildman–Crippen LogP) is 2.65. The molecule has 3 heterocycles.